The standard InChI is InChI=1S/C17H19N2/c1-2-4-14(5-3-1)10-15-11-17(13-19-12-15)16-6-8-18-9-7-16/h6-14H,1-5H2. The number of pyridine rings is 2. The van der Waals surface area contributed by atoms with E-state index in [2.05, 4.69) is 22.5 Å². The first-order chi connectivity index (χ1) is 9.42. The molecule has 0 N–H and O–H groups in total. The molecule has 2 heterocycles. The third-order valence-corrected chi connectivity index (χ3v) is 3.85. The Hall–Kier alpha value is -1.70. The summed E-state index contributed by atoms with van der Waals surface area (Å²) in [6.07, 6.45) is 16.8. The second-order valence-corrected chi connectivity index (χ2v) is 5.31. The van der Waals surface area contributed by atoms with E-state index in [9.17, 15) is 0 Å². The Labute approximate surface area is 114 Å². The zero-order valence-electron chi connectivity index (χ0n) is 11.1. The van der Waals surface area contributed by atoms with Gasteiger partial charge in [-0.05, 0) is 54.5 Å². The van der Waals surface area contributed by atoms with Gasteiger partial charge in [-0.3, -0.25) is 9.97 Å². The summed E-state index contributed by atoms with van der Waals surface area (Å²) in [5, 5.41) is 0. The lowest BCUT2D eigenvalue weighted by Crippen LogP contribution is -2.07. The van der Waals surface area contributed by atoms with Crippen LogP contribution in [0.25, 0.3) is 11.1 Å². The average Bonchev–Trinajstić information content (AvgIpc) is 2.49. The van der Waals surface area contributed by atoms with Gasteiger partial charge in [-0.1, -0.05) is 19.3 Å². The highest BCUT2D eigenvalue weighted by molar-refractivity contribution is 5.62. The van der Waals surface area contributed by atoms with Gasteiger partial charge in [-0.2, -0.15) is 0 Å². The van der Waals surface area contributed by atoms with Crippen LogP contribution in [0, 0.1) is 12.3 Å². The Kier molecular flexibility index (Phi) is 3.87. The molecule has 0 bridgehead atoms. The Morgan fingerprint density at radius 2 is 1.68 bits per heavy atom. The number of aromatic nitrogens is 2. The molecule has 0 amide bonds. The third kappa shape index (κ3) is 3.19. The van der Waals surface area contributed by atoms with Gasteiger partial charge in [0.15, 0.2) is 0 Å². The minimum atomic E-state index is 0.739. The highest BCUT2D eigenvalue weighted by Crippen LogP contribution is 2.29. The molecule has 1 radical (unpaired) electrons. The summed E-state index contributed by atoms with van der Waals surface area (Å²) < 4.78 is 0. The Morgan fingerprint density at radius 3 is 2.47 bits per heavy atom. The first kappa shape index (κ1) is 12.3. The summed E-state index contributed by atoms with van der Waals surface area (Å²) in [6.45, 7) is 0. The molecule has 0 spiro atoms. The summed E-state index contributed by atoms with van der Waals surface area (Å²) in [4.78, 5) is 8.43. The van der Waals surface area contributed by atoms with Crippen LogP contribution < -0.4 is 0 Å². The van der Waals surface area contributed by atoms with Crippen molar-refractivity contribution in [1.29, 1.82) is 0 Å². The molecule has 0 unspecified atom stereocenters. The van der Waals surface area contributed by atoms with E-state index in [1.54, 1.807) is 0 Å². The van der Waals surface area contributed by atoms with Crippen molar-refractivity contribution in [3.05, 3.63) is 55.0 Å². The lowest BCUT2D eigenvalue weighted by Gasteiger charge is -2.21. The van der Waals surface area contributed by atoms with Gasteiger partial charge in [0.05, 0.1) is 0 Å². The summed E-state index contributed by atoms with van der Waals surface area (Å²) in [5.74, 6) is 0.739. The van der Waals surface area contributed by atoms with Crippen molar-refractivity contribution in [3.8, 4) is 11.1 Å². The first-order valence-corrected chi connectivity index (χ1v) is 7.12. The fourth-order valence-electron chi connectivity index (χ4n) is 2.82. The molecular weight excluding hydrogens is 232 g/mol. The highest BCUT2D eigenvalue weighted by Gasteiger charge is 2.14. The molecule has 1 aliphatic carbocycles. The summed E-state index contributed by atoms with van der Waals surface area (Å²) >= 11 is 0. The van der Waals surface area contributed by atoms with E-state index in [1.165, 1.54) is 48.8 Å². The number of rotatable bonds is 3. The Bertz CT molecular complexity index is 516. The van der Waals surface area contributed by atoms with Crippen LogP contribution in [-0.2, 0) is 0 Å². The van der Waals surface area contributed by atoms with Gasteiger partial charge >= 0.3 is 0 Å². The van der Waals surface area contributed by atoms with E-state index in [0.29, 0.717) is 0 Å². The molecular formula is C17H19N2. The molecule has 0 aromatic carbocycles. The zero-order chi connectivity index (χ0) is 12.9. The van der Waals surface area contributed by atoms with Crippen LogP contribution in [-0.4, -0.2) is 9.97 Å². The van der Waals surface area contributed by atoms with E-state index in [-0.39, 0.29) is 0 Å². The highest BCUT2D eigenvalue weighted by atomic mass is 14.6. The van der Waals surface area contributed by atoms with Gasteiger partial charge in [0, 0.05) is 30.4 Å². The fourth-order valence-corrected chi connectivity index (χ4v) is 2.82. The molecule has 3 rings (SSSR count). The van der Waals surface area contributed by atoms with E-state index in [1.807, 2.05) is 36.9 Å². The van der Waals surface area contributed by atoms with E-state index in [4.69, 9.17) is 0 Å². The smallest absolute Gasteiger partial charge is 0.0346 e. The van der Waals surface area contributed by atoms with Gasteiger partial charge in [0.25, 0.3) is 0 Å². The largest absolute Gasteiger partial charge is 0.265 e. The maximum Gasteiger partial charge on any atom is 0.0346 e. The average molecular weight is 251 g/mol. The van der Waals surface area contributed by atoms with Gasteiger partial charge in [0.1, 0.15) is 0 Å². The maximum absolute atomic E-state index is 4.37. The van der Waals surface area contributed by atoms with Crippen LogP contribution in [0.2, 0.25) is 0 Å². The molecule has 1 aliphatic rings. The van der Waals surface area contributed by atoms with Crippen molar-refractivity contribution in [3.63, 3.8) is 0 Å². The van der Waals surface area contributed by atoms with Crippen LogP contribution in [0.5, 0.6) is 0 Å². The molecule has 1 saturated carbocycles. The summed E-state index contributed by atoms with van der Waals surface area (Å²) in [7, 11) is 0. The minimum Gasteiger partial charge on any atom is -0.265 e. The molecule has 0 atom stereocenters. The topological polar surface area (TPSA) is 25.8 Å². The fraction of sp³-hybridized carbons (Fsp3) is 0.353. The van der Waals surface area contributed by atoms with Crippen molar-refractivity contribution in [2.75, 3.05) is 0 Å². The van der Waals surface area contributed by atoms with Crippen molar-refractivity contribution >= 4 is 0 Å². The minimum absolute atomic E-state index is 0.739. The molecule has 2 aromatic heterocycles. The molecule has 19 heavy (non-hydrogen) atoms. The molecule has 0 saturated heterocycles. The van der Waals surface area contributed by atoms with E-state index in [0.717, 1.165) is 5.92 Å². The van der Waals surface area contributed by atoms with Gasteiger partial charge in [-0.25, -0.2) is 0 Å². The monoisotopic (exact) mass is 251 g/mol. The molecule has 1 fully saturated rings. The summed E-state index contributed by atoms with van der Waals surface area (Å²) in [6, 6.07) is 6.29. The molecule has 97 valence electrons. The van der Waals surface area contributed by atoms with Crippen LogP contribution in [0.4, 0.5) is 0 Å². The maximum atomic E-state index is 4.37. The van der Waals surface area contributed by atoms with E-state index < -0.39 is 0 Å². The second kappa shape index (κ2) is 5.96. The Balaban J connectivity index is 1.76. The van der Waals surface area contributed by atoms with Gasteiger partial charge < -0.3 is 0 Å². The SMILES string of the molecule is [CH](c1cncc(-c2ccncc2)c1)C1CCCCC1. The quantitative estimate of drug-likeness (QED) is 0.813. The predicted octanol–water partition coefficient (Wildman–Crippen LogP) is 4.28. The lowest BCUT2D eigenvalue weighted by molar-refractivity contribution is 0.403. The van der Waals surface area contributed by atoms with Crippen molar-refractivity contribution in [2.24, 2.45) is 5.92 Å². The van der Waals surface area contributed by atoms with Gasteiger partial charge in [0.2, 0.25) is 0 Å². The molecule has 2 aromatic rings. The molecule has 0 aliphatic heterocycles. The van der Waals surface area contributed by atoms with Crippen LogP contribution in [0.1, 0.15) is 37.7 Å². The normalized spacial score (nSPS) is 16.4. The molecule has 2 heteroatoms. The van der Waals surface area contributed by atoms with Crippen molar-refractivity contribution < 1.29 is 0 Å². The Morgan fingerprint density at radius 1 is 0.895 bits per heavy atom. The zero-order valence-corrected chi connectivity index (χ0v) is 11.1. The number of hydrogen-bond acceptors (Lipinski definition) is 2. The third-order valence-electron chi connectivity index (χ3n) is 3.85. The number of nitrogens with zero attached hydrogens (tertiary/aromatic N) is 2. The first-order valence-electron chi connectivity index (χ1n) is 7.12. The van der Waals surface area contributed by atoms with Crippen molar-refractivity contribution in [2.45, 2.75) is 32.1 Å². The second-order valence-electron chi connectivity index (χ2n) is 5.31. The van der Waals surface area contributed by atoms with E-state index >= 15 is 0 Å². The lowest BCUT2D eigenvalue weighted by atomic mass is 9.85. The summed E-state index contributed by atoms with van der Waals surface area (Å²) in [5.41, 5.74) is 3.61. The van der Waals surface area contributed by atoms with Crippen molar-refractivity contribution in [1.82, 2.24) is 9.97 Å². The molecule has 2 nitrogen and oxygen atoms in total. The van der Waals surface area contributed by atoms with Crippen LogP contribution in [0.15, 0.2) is 43.0 Å². The van der Waals surface area contributed by atoms with Crippen LogP contribution >= 0.6 is 0 Å². The predicted molar refractivity (Wildman–Crippen MR) is 77.4 cm³/mol. The van der Waals surface area contributed by atoms with Gasteiger partial charge in [-0.15, -0.1) is 0 Å². The number of hydrogen-bond donors (Lipinski definition) is 0. The van der Waals surface area contributed by atoms with Crippen LogP contribution in [0.3, 0.4) is 0 Å².